The fraction of sp³-hybridized carbons (Fsp3) is 0.188. The Bertz CT molecular complexity index is 719. The number of thiazole rings is 1. The third kappa shape index (κ3) is 3.00. The molecule has 1 heterocycles. The van der Waals surface area contributed by atoms with Crippen molar-refractivity contribution in [3.05, 3.63) is 63.3 Å². The lowest BCUT2D eigenvalue weighted by Gasteiger charge is -2.17. The number of halogens is 2. The molecule has 0 amide bonds. The van der Waals surface area contributed by atoms with Gasteiger partial charge in [-0.2, -0.15) is 0 Å². The Hall–Kier alpha value is -1.30. The summed E-state index contributed by atoms with van der Waals surface area (Å²) in [6.45, 7) is 0. The van der Waals surface area contributed by atoms with E-state index in [4.69, 9.17) is 0 Å². The van der Waals surface area contributed by atoms with E-state index in [-0.39, 0.29) is 11.9 Å². The molecule has 0 aliphatic heterocycles. The van der Waals surface area contributed by atoms with Crippen molar-refractivity contribution in [3.63, 3.8) is 0 Å². The van der Waals surface area contributed by atoms with Crippen LogP contribution in [-0.4, -0.2) is 12.0 Å². The van der Waals surface area contributed by atoms with Crippen LogP contribution in [0.2, 0.25) is 0 Å². The number of nitrogens with zero attached hydrogens (tertiary/aromatic N) is 1. The van der Waals surface area contributed by atoms with Gasteiger partial charge in [-0.3, -0.25) is 0 Å². The van der Waals surface area contributed by atoms with Crippen LogP contribution < -0.4 is 5.32 Å². The van der Waals surface area contributed by atoms with E-state index in [2.05, 4.69) is 32.3 Å². The predicted molar refractivity (Wildman–Crippen MR) is 89.2 cm³/mol. The summed E-state index contributed by atoms with van der Waals surface area (Å²) in [5.74, 6) is -0.204. The van der Waals surface area contributed by atoms with Gasteiger partial charge in [0.2, 0.25) is 0 Å². The minimum atomic E-state index is -0.204. The molecule has 1 atom stereocenters. The van der Waals surface area contributed by atoms with Crippen molar-refractivity contribution < 1.29 is 4.39 Å². The van der Waals surface area contributed by atoms with E-state index in [0.29, 0.717) is 12.0 Å². The van der Waals surface area contributed by atoms with Gasteiger partial charge < -0.3 is 5.32 Å². The van der Waals surface area contributed by atoms with Crippen LogP contribution in [0.5, 0.6) is 0 Å². The second-order valence-corrected chi connectivity index (χ2v) is 6.73. The normalized spacial score (nSPS) is 12.7. The molecule has 2 aromatic carbocycles. The highest BCUT2D eigenvalue weighted by Crippen LogP contribution is 2.31. The van der Waals surface area contributed by atoms with E-state index in [1.165, 1.54) is 6.07 Å². The Morgan fingerprint density at radius 1 is 1.24 bits per heavy atom. The van der Waals surface area contributed by atoms with Crippen molar-refractivity contribution in [2.24, 2.45) is 0 Å². The molecule has 1 unspecified atom stereocenters. The number of aromatic nitrogens is 1. The van der Waals surface area contributed by atoms with Crippen molar-refractivity contribution in [2.75, 3.05) is 7.05 Å². The molecule has 1 N–H and O–H groups in total. The van der Waals surface area contributed by atoms with Crippen molar-refractivity contribution in [3.8, 4) is 0 Å². The number of likely N-dealkylation sites (N-methyl/N-ethyl adjacent to an activating group) is 1. The van der Waals surface area contributed by atoms with Crippen LogP contribution >= 0.6 is 27.3 Å². The average Bonchev–Trinajstić information content (AvgIpc) is 2.88. The highest BCUT2D eigenvalue weighted by atomic mass is 79.9. The van der Waals surface area contributed by atoms with Crippen LogP contribution in [0.15, 0.2) is 46.9 Å². The molecule has 2 nitrogen and oxygen atoms in total. The van der Waals surface area contributed by atoms with Gasteiger partial charge in [-0.1, -0.05) is 34.1 Å². The maximum atomic E-state index is 14.1. The summed E-state index contributed by atoms with van der Waals surface area (Å²) in [5, 5.41) is 4.19. The fourth-order valence-corrected chi connectivity index (χ4v) is 4.00. The van der Waals surface area contributed by atoms with Gasteiger partial charge in [0.1, 0.15) is 5.82 Å². The molecule has 3 rings (SSSR count). The smallest absolute Gasteiger partial charge is 0.129 e. The van der Waals surface area contributed by atoms with Crippen LogP contribution in [-0.2, 0) is 6.42 Å². The van der Waals surface area contributed by atoms with Gasteiger partial charge >= 0.3 is 0 Å². The number of benzene rings is 2. The number of fused-ring (bicyclic) bond motifs is 1. The largest absolute Gasteiger partial charge is 0.313 e. The molecule has 0 bridgehead atoms. The number of nitrogens with one attached hydrogen (secondary N) is 1. The standard InChI is InChI=1S/C16H14BrFN2S/c1-19-13(16-10(17)5-4-6-11(16)18)9-15-20-12-7-2-3-8-14(12)21-15/h2-8,13,19H,9H2,1H3. The Morgan fingerprint density at radius 2 is 2.05 bits per heavy atom. The molecule has 0 aliphatic rings. The van der Waals surface area contributed by atoms with Crippen LogP contribution in [0, 0.1) is 5.82 Å². The van der Waals surface area contributed by atoms with Crippen molar-refractivity contribution in [1.82, 2.24) is 10.3 Å². The number of hydrogen-bond acceptors (Lipinski definition) is 3. The second kappa shape index (κ2) is 6.22. The van der Waals surface area contributed by atoms with E-state index in [1.807, 2.05) is 31.3 Å². The second-order valence-electron chi connectivity index (χ2n) is 4.76. The average molecular weight is 365 g/mol. The molecule has 108 valence electrons. The van der Waals surface area contributed by atoms with E-state index < -0.39 is 0 Å². The fourth-order valence-electron chi connectivity index (χ4n) is 2.37. The van der Waals surface area contributed by atoms with Gasteiger partial charge in [0.25, 0.3) is 0 Å². The van der Waals surface area contributed by atoms with Gasteiger partial charge in [0, 0.05) is 22.5 Å². The van der Waals surface area contributed by atoms with Crippen LogP contribution in [0.1, 0.15) is 16.6 Å². The van der Waals surface area contributed by atoms with Gasteiger partial charge in [-0.05, 0) is 31.3 Å². The predicted octanol–water partition coefficient (Wildman–Crippen LogP) is 4.70. The quantitative estimate of drug-likeness (QED) is 0.725. The Morgan fingerprint density at radius 3 is 2.76 bits per heavy atom. The van der Waals surface area contributed by atoms with E-state index >= 15 is 0 Å². The van der Waals surface area contributed by atoms with Crippen LogP contribution in [0.4, 0.5) is 4.39 Å². The summed E-state index contributed by atoms with van der Waals surface area (Å²) >= 11 is 5.10. The summed E-state index contributed by atoms with van der Waals surface area (Å²) in [5.41, 5.74) is 1.65. The number of para-hydroxylation sites is 1. The van der Waals surface area contributed by atoms with Gasteiger partial charge in [0.05, 0.1) is 15.2 Å². The summed E-state index contributed by atoms with van der Waals surface area (Å²) < 4.78 is 16.1. The maximum Gasteiger partial charge on any atom is 0.129 e. The van der Waals surface area contributed by atoms with Gasteiger partial charge in [0.15, 0.2) is 0 Å². The third-order valence-corrected chi connectivity index (χ3v) is 5.16. The Balaban J connectivity index is 1.94. The molecule has 0 saturated heterocycles. The van der Waals surface area contributed by atoms with E-state index in [1.54, 1.807) is 17.4 Å². The van der Waals surface area contributed by atoms with Crippen molar-refractivity contribution in [1.29, 1.82) is 0 Å². The molecule has 0 radical (unpaired) electrons. The molecular formula is C16H14BrFN2S. The van der Waals surface area contributed by atoms with Crippen molar-refractivity contribution in [2.45, 2.75) is 12.5 Å². The first-order chi connectivity index (χ1) is 10.2. The zero-order valence-electron chi connectivity index (χ0n) is 11.4. The minimum absolute atomic E-state index is 0.110. The SMILES string of the molecule is CNC(Cc1nc2ccccc2s1)c1c(F)cccc1Br. The minimum Gasteiger partial charge on any atom is -0.313 e. The first kappa shape index (κ1) is 14.6. The molecule has 3 aromatic rings. The number of rotatable bonds is 4. The third-order valence-electron chi connectivity index (χ3n) is 3.41. The Labute approximate surface area is 135 Å². The molecular weight excluding hydrogens is 351 g/mol. The van der Waals surface area contributed by atoms with Crippen LogP contribution in [0.3, 0.4) is 0 Å². The number of hydrogen-bond donors (Lipinski definition) is 1. The molecule has 5 heteroatoms. The molecule has 21 heavy (non-hydrogen) atoms. The zero-order chi connectivity index (χ0) is 14.8. The molecule has 1 aromatic heterocycles. The summed E-state index contributed by atoms with van der Waals surface area (Å²) in [4.78, 5) is 4.63. The van der Waals surface area contributed by atoms with Crippen LogP contribution in [0.25, 0.3) is 10.2 Å². The summed E-state index contributed by atoms with van der Waals surface area (Å²) in [7, 11) is 1.84. The summed E-state index contributed by atoms with van der Waals surface area (Å²) in [6, 6.07) is 13.0. The lowest BCUT2D eigenvalue weighted by Crippen LogP contribution is -2.20. The van der Waals surface area contributed by atoms with E-state index in [9.17, 15) is 4.39 Å². The van der Waals surface area contributed by atoms with E-state index in [0.717, 1.165) is 19.7 Å². The Kier molecular flexibility index (Phi) is 4.33. The topological polar surface area (TPSA) is 24.9 Å². The van der Waals surface area contributed by atoms with Gasteiger partial charge in [-0.25, -0.2) is 9.37 Å². The molecule has 0 spiro atoms. The molecule has 0 fully saturated rings. The monoisotopic (exact) mass is 364 g/mol. The molecule has 0 aliphatic carbocycles. The maximum absolute atomic E-state index is 14.1. The van der Waals surface area contributed by atoms with Crippen molar-refractivity contribution >= 4 is 37.5 Å². The highest BCUT2D eigenvalue weighted by molar-refractivity contribution is 9.10. The summed E-state index contributed by atoms with van der Waals surface area (Å²) in [6.07, 6.45) is 0.662. The highest BCUT2D eigenvalue weighted by Gasteiger charge is 2.19. The first-order valence-corrected chi connectivity index (χ1v) is 8.25. The lowest BCUT2D eigenvalue weighted by atomic mass is 10.0. The van der Waals surface area contributed by atoms with Gasteiger partial charge in [-0.15, -0.1) is 11.3 Å². The lowest BCUT2D eigenvalue weighted by molar-refractivity contribution is 0.531. The zero-order valence-corrected chi connectivity index (χ0v) is 13.8. The first-order valence-electron chi connectivity index (χ1n) is 6.64. The molecule has 0 saturated carbocycles.